The Kier molecular flexibility index (Phi) is 5.54. The van der Waals surface area contributed by atoms with E-state index in [2.05, 4.69) is 0 Å². The number of hydrogen-bond donors (Lipinski definition) is 0. The van der Waals surface area contributed by atoms with E-state index in [4.69, 9.17) is 9.47 Å². The highest BCUT2D eigenvalue weighted by Gasteiger charge is 2.23. The van der Waals surface area contributed by atoms with E-state index in [0.29, 0.717) is 11.3 Å². The van der Waals surface area contributed by atoms with Gasteiger partial charge in [-0.2, -0.15) is 0 Å². The number of nitro benzene ring substituents is 1. The van der Waals surface area contributed by atoms with Crippen LogP contribution in [0.2, 0.25) is 0 Å². The van der Waals surface area contributed by atoms with Crippen molar-refractivity contribution in [1.29, 1.82) is 0 Å². The Labute approximate surface area is 155 Å². The summed E-state index contributed by atoms with van der Waals surface area (Å²) in [5, 5.41) is 11.1. The Bertz CT molecular complexity index is 865. The molecule has 7 nitrogen and oxygen atoms in total. The first-order valence-corrected chi connectivity index (χ1v) is 8.52. The van der Waals surface area contributed by atoms with Crippen molar-refractivity contribution in [2.75, 3.05) is 25.1 Å². The summed E-state index contributed by atoms with van der Waals surface area (Å²) in [6.45, 7) is 1.41. The molecule has 0 aliphatic carbocycles. The minimum atomic E-state index is -0.683. The third kappa shape index (κ3) is 4.16. The van der Waals surface area contributed by atoms with Gasteiger partial charge in [-0.25, -0.2) is 9.18 Å². The lowest BCUT2D eigenvalue weighted by Crippen LogP contribution is -2.21. The number of benzene rings is 2. The molecule has 27 heavy (non-hydrogen) atoms. The molecule has 1 fully saturated rings. The van der Waals surface area contributed by atoms with Crippen molar-refractivity contribution >= 4 is 17.3 Å². The number of hydrogen-bond acceptors (Lipinski definition) is 6. The van der Waals surface area contributed by atoms with Crippen LogP contribution in [-0.2, 0) is 11.3 Å². The number of rotatable bonds is 6. The Morgan fingerprint density at radius 3 is 2.59 bits per heavy atom. The van der Waals surface area contributed by atoms with E-state index in [1.165, 1.54) is 31.4 Å². The molecule has 1 heterocycles. The number of nitro groups is 1. The summed E-state index contributed by atoms with van der Waals surface area (Å²) in [6, 6.07) is 8.44. The van der Waals surface area contributed by atoms with Gasteiger partial charge in [0.15, 0.2) is 11.6 Å². The normalized spacial score (nSPS) is 13.5. The predicted octanol–water partition coefficient (Wildman–Crippen LogP) is 3.70. The zero-order valence-electron chi connectivity index (χ0n) is 14.8. The Balaban J connectivity index is 1.81. The van der Waals surface area contributed by atoms with Crippen molar-refractivity contribution < 1.29 is 23.6 Å². The molecule has 3 rings (SSSR count). The van der Waals surface area contributed by atoms with Crippen molar-refractivity contribution in [2.24, 2.45) is 0 Å². The maximum Gasteiger partial charge on any atom is 0.340 e. The summed E-state index contributed by atoms with van der Waals surface area (Å²) in [5.41, 5.74) is 1.03. The zero-order valence-corrected chi connectivity index (χ0v) is 14.8. The molecule has 0 radical (unpaired) electrons. The molecule has 0 amide bonds. The van der Waals surface area contributed by atoms with E-state index in [-0.39, 0.29) is 23.6 Å². The van der Waals surface area contributed by atoms with Gasteiger partial charge in [0, 0.05) is 25.2 Å². The third-order valence-electron chi connectivity index (χ3n) is 4.44. The molecule has 0 unspecified atom stereocenters. The number of nitrogens with zero attached hydrogens (tertiary/aromatic N) is 2. The lowest BCUT2D eigenvalue weighted by Gasteiger charge is -2.20. The van der Waals surface area contributed by atoms with Crippen molar-refractivity contribution in [2.45, 2.75) is 19.4 Å². The SMILES string of the molecule is COc1ccc(COC(=O)c2cc([N+](=O)[O-])ccc2N2CCCC2)cc1F. The lowest BCUT2D eigenvalue weighted by molar-refractivity contribution is -0.384. The van der Waals surface area contributed by atoms with Crippen molar-refractivity contribution in [3.63, 3.8) is 0 Å². The van der Waals surface area contributed by atoms with E-state index >= 15 is 0 Å². The first-order chi connectivity index (χ1) is 13.0. The highest BCUT2D eigenvalue weighted by molar-refractivity contribution is 5.96. The van der Waals surface area contributed by atoms with Gasteiger partial charge in [-0.1, -0.05) is 6.07 Å². The van der Waals surface area contributed by atoms with Crippen LogP contribution < -0.4 is 9.64 Å². The maximum absolute atomic E-state index is 13.8. The standard InChI is InChI=1S/C19H19FN2O5/c1-26-18-7-4-13(10-16(18)20)12-27-19(23)15-11-14(22(24)25)5-6-17(15)21-8-2-3-9-21/h4-7,10-11H,2-3,8-9,12H2,1H3. The summed E-state index contributed by atoms with van der Waals surface area (Å²) < 4.78 is 23.9. The van der Waals surface area contributed by atoms with Gasteiger partial charge in [0.2, 0.25) is 0 Å². The van der Waals surface area contributed by atoms with Crippen LogP contribution in [-0.4, -0.2) is 31.1 Å². The van der Waals surface area contributed by atoms with Crippen LogP contribution in [0.3, 0.4) is 0 Å². The van der Waals surface area contributed by atoms with E-state index in [1.807, 2.05) is 4.90 Å². The molecule has 0 bridgehead atoms. The molecular weight excluding hydrogens is 355 g/mol. The Hall–Kier alpha value is -3.16. The third-order valence-corrected chi connectivity index (χ3v) is 4.44. The van der Waals surface area contributed by atoms with Gasteiger partial charge in [-0.3, -0.25) is 10.1 Å². The van der Waals surface area contributed by atoms with Gasteiger partial charge in [-0.05, 0) is 36.6 Å². The average molecular weight is 374 g/mol. The highest BCUT2D eigenvalue weighted by atomic mass is 19.1. The second-order valence-corrected chi connectivity index (χ2v) is 6.20. The van der Waals surface area contributed by atoms with Crippen LogP contribution in [0.25, 0.3) is 0 Å². The first kappa shape index (κ1) is 18.6. The summed E-state index contributed by atoms with van der Waals surface area (Å²) in [4.78, 5) is 25.1. The fourth-order valence-corrected chi connectivity index (χ4v) is 3.06. The van der Waals surface area contributed by atoms with Gasteiger partial charge < -0.3 is 14.4 Å². The molecule has 1 aliphatic rings. The molecular formula is C19H19FN2O5. The predicted molar refractivity (Wildman–Crippen MR) is 96.6 cm³/mol. The first-order valence-electron chi connectivity index (χ1n) is 8.52. The van der Waals surface area contributed by atoms with Crippen LogP contribution in [0.1, 0.15) is 28.8 Å². The molecule has 8 heteroatoms. The monoisotopic (exact) mass is 374 g/mol. The molecule has 2 aromatic rings. The second-order valence-electron chi connectivity index (χ2n) is 6.20. The topological polar surface area (TPSA) is 81.9 Å². The van der Waals surface area contributed by atoms with E-state index in [0.717, 1.165) is 25.9 Å². The van der Waals surface area contributed by atoms with Gasteiger partial charge in [0.1, 0.15) is 6.61 Å². The lowest BCUT2D eigenvalue weighted by atomic mass is 10.1. The number of halogens is 1. The molecule has 142 valence electrons. The molecule has 2 aromatic carbocycles. The number of carbonyl (C=O) groups excluding carboxylic acids is 1. The summed E-state index contributed by atoms with van der Waals surface area (Å²) in [7, 11) is 1.36. The van der Waals surface area contributed by atoms with E-state index < -0.39 is 16.7 Å². The summed E-state index contributed by atoms with van der Waals surface area (Å²) >= 11 is 0. The van der Waals surface area contributed by atoms with Crippen molar-refractivity contribution in [3.05, 3.63) is 63.5 Å². The summed E-state index contributed by atoms with van der Waals surface area (Å²) in [5.74, 6) is -1.14. The number of anilines is 1. The molecule has 0 aromatic heterocycles. The number of esters is 1. The van der Waals surface area contributed by atoms with Crippen LogP contribution in [0.4, 0.5) is 15.8 Å². The number of methoxy groups -OCH3 is 1. The van der Waals surface area contributed by atoms with Crippen LogP contribution in [0.5, 0.6) is 5.75 Å². The van der Waals surface area contributed by atoms with Crippen LogP contribution >= 0.6 is 0 Å². The fourth-order valence-electron chi connectivity index (χ4n) is 3.06. The van der Waals surface area contributed by atoms with Gasteiger partial charge in [0.05, 0.1) is 23.3 Å². The fraction of sp³-hybridized carbons (Fsp3) is 0.316. The minimum absolute atomic E-state index is 0.0973. The number of non-ortho nitro benzene ring substituents is 1. The molecule has 0 N–H and O–H groups in total. The number of carbonyl (C=O) groups is 1. The molecule has 0 saturated carbocycles. The van der Waals surface area contributed by atoms with E-state index in [9.17, 15) is 19.3 Å². The Morgan fingerprint density at radius 1 is 1.22 bits per heavy atom. The molecule has 1 saturated heterocycles. The minimum Gasteiger partial charge on any atom is -0.494 e. The van der Waals surface area contributed by atoms with Crippen molar-refractivity contribution in [1.82, 2.24) is 0 Å². The van der Waals surface area contributed by atoms with Crippen LogP contribution in [0.15, 0.2) is 36.4 Å². The summed E-state index contributed by atoms with van der Waals surface area (Å²) in [6.07, 6.45) is 1.99. The van der Waals surface area contributed by atoms with E-state index in [1.54, 1.807) is 12.1 Å². The maximum atomic E-state index is 13.8. The molecule has 0 spiro atoms. The van der Waals surface area contributed by atoms with Crippen LogP contribution in [0, 0.1) is 15.9 Å². The van der Waals surface area contributed by atoms with Gasteiger partial charge >= 0.3 is 5.97 Å². The van der Waals surface area contributed by atoms with Gasteiger partial charge in [0.25, 0.3) is 5.69 Å². The quantitative estimate of drug-likeness (QED) is 0.436. The number of ether oxygens (including phenoxy) is 2. The second kappa shape index (κ2) is 8.03. The molecule has 0 atom stereocenters. The molecule has 1 aliphatic heterocycles. The smallest absolute Gasteiger partial charge is 0.340 e. The average Bonchev–Trinajstić information content (AvgIpc) is 3.20. The Morgan fingerprint density at radius 2 is 1.96 bits per heavy atom. The highest BCUT2D eigenvalue weighted by Crippen LogP contribution is 2.29. The van der Waals surface area contributed by atoms with Crippen molar-refractivity contribution in [3.8, 4) is 5.75 Å². The van der Waals surface area contributed by atoms with Gasteiger partial charge in [-0.15, -0.1) is 0 Å². The largest absolute Gasteiger partial charge is 0.494 e. The zero-order chi connectivity index (χ0) is 19.4.